The van der Waals surface area contributed by atoms with E-state index < -0.39 is 0 Å². The summed E-state index contributed by atoms with van der Waals surface area (Å²) in [5.41, 5.74) is 0.536. The molecule has 15 heavy (non-hydrogen) atoms. The summed E-state index contributed by atoms with van der Waals surface area (Å²) in [6, 6.07) is 0. The molecule has 0 N–H and O–H groups in total. The molecule has 90 valence electrons. The van der Waals surface area contributed by atoms with E-state index >= 15 is 0 Å². The van der Waals surface area contributed by atoms with Gasteiger partial charge in [-0.15, -0.1) is 6.58 Å². The van der Waals surface area contributed by atoms with E-state index in [-0.39, 0.29) is 11.0 Å². The monoisotopic (exact) mass is 211 g/mol. The number of rotatable bonds is 7. The molecule has 0 aromatic heterocycles. The molecule has 0 aromatic carbocycles. The molecule has 1 heteroatoms. The Morgan fingerprint density at radius 3 is 1.80 bits per heavy atom. The first-order valence-corrected chi connectivity index (χ1v) is 6.23. The minimum Gasteiger partial charge on any atom is -0.299 e. The van der Waals surface area contributed by atoms with Gasteiger partial charge < -0.3 is 0 Å². The predicted octanol–water partition coefficient (Wildman–Crippen LogP) is 4.10. The molecule has 1 atom stereocenters. The summed E-state index contributed by atoms with van der Waals surface area (Å²) in [6.07, 6.45) is 4.47. The van der Waals surface area contributed by atoms with Gasteiger partial charge in [-0.25, -0.2) is 0 Å². The average Bonchev–Trinajstić information content (AvgIpc) is 2.18. The van der Waals surface area contributed by atoms with Gasteiger partial charge in [0.1, 0.15) is 0 Å². The van der Waals surface area contributed by atoms with Crippen molar-refractivity contribution >= 4 is 0 Å². The summed E-state index contributed by atoms with van der Waals surface area (Å²) >= 11 is 0. The van der Waals surface area contributed by atoms with Crippen LogP contribution in [0, 0.1) is 5.41 Å². The molecular weight excluding hydrogens is 182 g/mol. The van der Waals surface area contributed by atoms with Crippen molar-refractivity contribution in [2.45, 2.75) is 59.9 Å². The smallest absolute Gasteiger partial charge is 0.0161 e. The lowest BCUT2D eigenvalue weighted by Crippen LogP contribution is -2.46. The van der Waals surface area contributed by atoms with Gasteiger partial charge in [0.2, 0.25) is 0 Å². The van der Waals surface area contributed by atoms with E-state index in [1.807, 2.05) is 0 Å². The SMILES string of the molecule is C=CC(C)(CC)CC(C)(C)N(CC)CC. The molecule has 0 aliphatic heterocycles. The summed E-state index contributed by atoms with van der Waals surface area (Å²) in [4.78, 5) is 2.53. The zero-order valence-corrected chi connectivity index (χ0v) is 11.6. The topological polar surface area (TPSA) is 3.24 Å². The largest absolute Gasteiger partial charge is 0.299 e. The second-order valence-electron chi connectivity index (χ2n) is 5.37. The highest BCUT2D eigenvalue weighted by Gasteiger charge is 2.32. The van der Waals surface area contributed by atoms with Gasteiger partial charge in [0.25, 0.3) is 0 Å². The fraction of sp³-hybridized carbons (Fsp3) is 0.857. The number of nitrogens with zero attached hydrogens (tertiary/aromatic N) is 1. The first kappa shape index (κ1) is 14.7. The molecule has 0 aliphatic rings. The van der Waals surface area contributed by atoms with Crippen molar-refractivity contribution in [2.24, 2.45) is 5.41 Å². The van der Waals surface area contributed by atoms with Crippen molar-refractivity contribution in [3.05, 3.63) is 12.7 Å². The highest BCUT2D eigenvalue weighted by atomic mass is 15.2. The van der Waals surface area contributed by atoms with E-state index in [9.17, 15) is 0 Å². The molecule has 0 amide bonds. The van der Waals surface area contributed by atoms with E-state index in [2.05, 4.69) is 59.1 Å². The zero-order chi connectivity index (χ0) is 12.1. The van der Waals surface area contributed by atoms with Gasteiger partial charge in [0.15, 0.2) is 0 Å². The van der Waals surface area contributed by atoms with Crippen LogP contribution in [0.1, 0.15) is 54.4 Å². The van der Waals surface area contributed by atoms with Gasteiger partial charge in [-0.2, -0.15) is 0 Å². The quantitative estimate of drug-likeness (QED) is 0.573. The Labute approximate surface area is 96.6 Å². The third-order valence-electron chi connectivity index (χ3n) is 3.76. The van der Waals surface area contributed by atoms with Crippen LogP contribution in [0.5, 0.6) is 0 Å². The maximum Gasteiger partial charge on any atom is 0.0161 e. The summed E-state index contributed by atoms with van der Waals surface area (Å²) < 4.78 is 0. The maximum absolute atomic E-state index is 3.98. The van der Waals surface area contributed by atoms with Crippen molar-refractivity contribution < 1.29 is 0 Å². The standard InChI is InChI=1S/C14H29N/c1-8-14(7,9-2)12-13(5,6)15(10-3)11-4/h8H,1,9-12H2,2-7H3. The average molecular weight is 211 g/mol. The van der Waals surface area contributed by atoms with E-state index in [1.54, 1.807) is 0 Å². The van der Waals surface area contributed by atoms with Crippen molar-refractivity contribution in [1.29, 1.82) is 0 Å². The molecule has 1 nitrogen and oxygen atoms in total. The third kappa shape index (κ3) is 3.98. The summed E-state index contributed by atoms with van der Waals surface area (Å²) in [7, 11) is 0. The van der Waals surface area contributed by atoms with Crippen LogP contribution in [0.3, 0.4) is 0 Å². The Balaban J connectivity index is 4.66. The summed E-state index contributed by atoms with van der Waals surface area (Å²) in [5.74, 6) is 0. The first-order chi connectivity index (χ1) is 6.85. The maximum atomic E-state index is 3.98. The van der Waals surface area contributed by atoms with Crippen LogP contribution in [0.25, 0.3) is 0 Å². The van der Waals surface area contributed by atoms with Crippen LogP contribution >= 0.6 is 0 Å². The second kappa shape index (κ2) is 5.69. The van der Waals surface area contributed by atoms with Crippen LogP contribution in [0.2, 0.25) is 0 Å². The minimum atomic E-state index is 0.266. The fourth-order valence-corrected chi connectivity index (χ4v) is 2.52. The highest BCUT2D eigenvalue weighted by Crippen LogP contribution is 2.35. The van der Waals surface area contributed by atoms with Crippen LogP contribution in [0.4, 0.5) is 0 Å². The van der Waals surface area contributed by atoms with Gasteiger partial charge in [-0.1, -0.05) is 33.8 Å². The predicted molar refractivity (Wildman–Crippen MR) is 70.2 cm³/mol. The summed E-state index contributed by atoms with van der Waals surface area (Å²) in [6.45, 7) is 20.0. The zero-order valence-electron chi connectivity index (χ0n) is 11.6. The van der Waals surface area contributed by atoms with Gasteiger partial charge in [0, 0.05) is 5.54 Å². The van der Waals surface area contributed by atoms with Crippen molar-refractivity contribution in [3.63, 3.8) is 0 Å². The van der Waals surface area contributed by atoms with E-state index in [1.165, 1.54) is 12.8 Å². The molecule has 0 rings (SSSR count). The Kier molecular flexibility index (Phi) is 5.58. The molecule has 0 bridgehead atoms. The Morgan fingerprint density at radius 2 is 1.53 bits per heavy atom. The lowest BCUT2D eigenvalue weighted by Gasteiger charge is -2.42. The summed E-state index contributed by atoms with van der Waals surface area (Å²) in [5, 5.41) is 0. The van der Waals surface area contributed by atoms with Gasteiger partial charge in [-0.3, -0.25) is 4.90 Å². The molecule has 0 saturated heterocycles. The van der Waals surface area contributed by atoms with Crippen molar-refractivity contribution in [1.82, 2.24) is 4.90 Å². The van der Waals surface area contributed by atoms with Crippen LogP contribution in [0.15, 0.2) is 12.7 Å². The minimum absolute atomic E-state index is 0.266. The Hall–Kier alpha value is -0.300. The molecule has 0 spiro atoms. The first-order valence-electron chi connectivity index (χ1n) is 6.23. The molecule has 0 saturated carbocycles. The molecule has 0 radical (unpaired) electrons. The lowest BCUT2D eigenvalue weighted by atomic mass is 9.76. The fourth-order valence-electron chi connectivity index (χ4n) is 2.52. The molecule has 0 aromatic rings. The normalized spacial score (nSPS) is 16.5. The Bertz CT molecular complexity index is 192. The van der Waals surface area contributed by atoms with Crippen molar-refractivity contribution in [2.75, 3.05) is 13.1 Å². The van der Waals surface area contributed by atoms with Gasteiger partial charge in [-0.05, 0) is 45.2 Å². The Morgan fingerprint density at radius 1 is 1.07 bits per heavy atom. The van der Waals surface area contributed by atoms with Crippen LogP contribution < -0.4 is 0 Å². The van der Waals surface area contributed by atoms with Gasteiger partial charge >= 0.3 is 0 Å². The molecule has 0 heterocycles. The van der Waals surface area contributed by atoms with E-state index in [4.69, 9.17) is 0 Å². The number of hydrogen-bond donors (Lipinski definition) is 0. The molecule has 1 unspecified atom stereocenters. The number of hydrogen-bond acceptors (Lipinski definition) is 1. The highest BCUT2D eigenvalue weighted by molar-refractivity contribution is 4.97. The lowest BCUT2D eigenvalue weighted by molar-refractivity contribution is 0.0897. The molecular formula is C14H29N. The van der Waals surface area contributed by atoms with Crippen molar-refractivity contribution in [3.8, 4) is 0 Å². The molecule has 0 aliphatic carbocycles. The van der Waals surface area contributed by atoms with Crippen LogP contribution in [-0.2, 0) is 0 Å². The van der Waals surface area contributed by atoms with E-state index in [0.29, 0.717) is 0 Å². The van der Waals surface area contributed by atoms with Crippen LogP contribution in [-0.4, -0.2) is 23.5 Å². The molecule has 0 fully saturated rings. The van der Waals surface area contributed by atoms with Gasteiger partial charge in [0.05, 0.1) is 0 Å². The third-order valence-corrected chi connectivity index (χ3v) is 3.76. The second-order valence-corrected chi connectivity index (χ2v) is 5.37. The number of allylic oxidation sites excluding steroid dienone is 1. The van der Waals surface area contributed by atoms with E-state index in [0.717, 1.165) is 13.1 Å².